The molecule has 0 fully saturated rings. The first-order valence-electron chi connectivity index (χ1n) is 10.4. The van der Waals surface area contributed by atoms with E-state index in [1.165, 1.54) is 17.3 Å². The largest absolute Gasteiger partial charge is 0.344 e. The zero-order chi connectivity index (χ0) is 20.4. The van der Waals surface area contributed by atoms with Crippen molar-refractivity contribution in [1.29, 1.82) is 0 Å². The van der Waals surface area contributed by atoms with Gasteiger partial charge < -0.3 is 9.88 Å². The first-order valence-corrected chi connectivity index (χ1v) is 10.4. The van der Waals surface area contributed by atoms with Crippen LogP contribution in [-0.2, 0) is 19.4 Å². The summed E-state index contributed by atoms with van der Waals surface area (Å²) in [4.78, 5) is 13.3. The quantitative estimate of drug-likeness (QED) is 0.626. The van der Waals surface area contributed by atoms with Crippen LogP contribution in [0.15, 0.2) is 54.6 Å². The number of benzene rings is 2. The van der Waals surface area contributed by atoms with Crippen LogP contribution < -0.4 is 5.32 Å². The van der Waals surface area contributed by atoms with Crippen molar-refractivity contribution in [2.45, 2.75) is 52.1 Å². The van der Waals surface area contributed by atoms with Crippen molar-refractivity contribution in [1.82, 2.24) is 9.88 Å². The number of fused-ring (bicyclic) bond motifs is 1. The molecule has 0 aliphatic heterocycles. The lowest BCUT2D eigenvalue weighted by Gasteiger charge is -2.19. The highest BCUT2D eigenvalue weighted by Crippen LogP contribution is 2.31. The summed E-state index contributed by atoms with van der Waals surface area (Å²) in [5.74, 6) is -0.311. The average Bonchev–Trinajstić information content (AvgIpc) is 3.01. The van der Waals surface area contributed by atoms with Gasteiger partial charge in [0, 0.05) is 12.2 Å². The minimum Gasteiger partial charge on any atom is -0.344 e. The molecule has 0 saturated heterocycles. The maximum absolute atomic E-state index is 13.7. The molecular formula is C25H27FN2O. The van der Waals surface area contributed by atoms with Gasteiger partial charge in [-0.3, -0.25) is 4.79 Å². The minimum atomic E-state index is -0.246. The van der Waals surface area contributed by atoms with Crippen LogP contribution in [0.1, 0.15) is 64.2 Å². The monoisotopic (exact) mass is 390 g/mol. The van der Waals surface area contributed by atoms with E-state index < -0.39 is 0 Å². The number of amides is 1. The average molecular weight is 391 g/mol. The fourth-order valence-corrected chi connectivity index (χ4v) is 4.45. The molecule has 0 unspecified atom stereocenters. The molecule has 0 saturated carbocycles. The first-order chi connectivity index (χ1) is 14.0. The number of nitrogens with one attached hydrogen (secondary N) is 1. The van der Waals surface area contributed by atoms with Gasteiger partial charge >= 0.3 is 0 Å². The lowest BCUT2D eigenvalue weighted by atomic mass is 9.95. The van der Waals surface area contributed by atoms with Gasteiger partial charge in [-0.05, 0) is 73.9 Å². The minimum absolute atomic E-state index is 0.0651. The fourth-order valence-electron chi connectivity index (χ4n) is 4.45. The molecule has 1 aliphatic carbocycles. The topological polar surface area (TPSA) is 34.0 Å². The van der Waals surface area contributed by atoms with Gasteiger partial charge in [-0.15, -0.1) is 0 Å². The van der Waals surface area contributed by atoms with E-state index in [2.05, 4.69) is 9.88 Å². The second-order valence-corrected chi connectivity index (χ2v) is 7.93. The number of nitrogens with zero attached hydrogens (tertiary/aromatic N) is 1. The molecule has 1 heterocycles. The maximum Gasteiger partial charge on any atom is 0.268 e. The molecule has 0 bridgehead atoms. The van der Waals surface area contributed by atoms with E-state index in [9.17, 15) is 9.18 Å². The molecule has 150 valence electrons. The molecule has 0 spiro atoms. The highest BCUT2D eigenvalue weighted by Gasteiger charge is 2.27. The third-order valence-corrected chi connectivity index (χ3v) is 5.93. The predicted octanol–water partition coefficient (Wildman–Crippen LogP) is 5.35. The molecule has 1 aliphatic rings. The Kier molecular flexibility index (Phi) is 5.52. The van der Waals surface area contributed by atoms with Crippen molar-refractivity contribution in [2.75, 3.05) is 0 Å². The van der Waals surface area contributed by atoms with Crippen molar-refractivity contribution in [2.24, 2.45) is 0 Å². The van der Waals surface area contributed by atoms with E-state index in [1.54, 1.807) is 12.1 Å². The second kappa shape index (κ2) is 8.24. The summed E-state index contributed by atoms with van der Waals surface area (Å²) in [6.45, 7) is 4.56. The van der Waals surface area contributed by atoms with Crippen molar-refractivity contribution in [3.63, 3.8) is 0 Å². The summed E-state index contributed by atoms with van der Waals surface area (Å²) in [5, 5.41) is 3.17. The Bertz CT molecular complexity index is 1020. The first kappa shape index (κ1) is 19.4. The summed E-state index contributed by atoms with van der Waals surface area (Å²) >= 11 is 0. The fraction of sp³-hybridized carbons (Fsp3) is 0.320. The summed E-state index contributed by atoms with van der Waals surface area (Å²) in [7, 11) is 0. The molecule has 0 radical (unpaired) electrons. The van der Waals surface area contributed by atoms with Gasteiger partial charge in [-0.2, -0.15) is 0 Å². The Morgan fingerprint density at radius 3 is 2.62 bits per heavy atom. The maximum atomic E-state index is 13.7. The normalized spacial score (nSPS) is 14.3. The lowest BCUT2D eigenvalue weighted by molar-refractivity contribution is 0.0930. The SMILES string of the molecule is Cc1c2c(n(Cc3cccc(F)c3)c1C(=O)N[C@H](C)c1ccccc1)CCCC2. The number of aromatic nitrogens is 1. The third kappa shape index (κ3) is 3.98. The molecule has 4 heteroatoms. The third-order valence-electron chi connectivity index (χ3n) is 5.93. The van der Waals surface area contributed by atoms with Gasteiger partial charge in [-0.25, -0.2) is 4.39 Å². The molecule has 2 aromatic carbocycles. The summed E-state index contributed by atoms with van der Waals surface area (Å²) in [6.07, 6.45) is 4.25. The Labute approximate surface area is 171 Å². The van der Waals surface area contributed by atoms with Crippen LogP contribution in [0.3, 0.4) is 0 Å². The Balaban J connectivity index is 1.70. The molecule has 1 amide bonds. The van der Waals surface area contributed by atoms with Crippen molar-refractivity contribution in [3.8, 4) is 0 Å². The van der Waals surface area contributed by atoms with Gasteiger partial charge in [0.05, 0.1) is 6.04 Å². The van der Waals surface area contributed by atoms with Crippen LogP contribution in [0.2, 0.25) is 0 Å². The number of hydrogen-bond acceptors (Lipinski definition) is 1. The predicted molar refractivity (Wildman–Crippen MR) is 114 cm³/mol. The smallest absolute Gasteiger partial charge is 0.268 e. The zero-order valence-corrected chi connectivity index (χ0v) is 17.0. The van der Waals surface area contributed by atoms with E-state index >= 15 is 0 Å². The van der Waals surface area contributed by atoms with Crippen LogP contribution in [0, 0.1) is 12.7 Å². The van der Waals surface area contributed by atoms with Crippen molar-refractivity contribution < 1.29 is 9.18 Å². The Morgan fingerprint density at radius 1 is 1.10 bits per heavy atom. The van der Waals surface area contributed by atoms with Crippen LogP contribution >= 0.6 is 0 Å². The van der Waals surface area contributed by atoms with E-state index in [0.29, 0.717) is 12.2 Å². The van der Waals surface area contributed by atoms with Crippen LogP contribution in [-0.4, -0.2) is 10.5 Å². The van der Waals surface area contributed by atoms with Crippen LogP contribution in [0.5, 0.6) is 0 Å². The Hall–Kier alpha value is -2.88. The van der Waals surface area contributed by atoms with Crippen LogP contribution in [0.4, 0.5) is 4.39 Å². The molecular weight excluding hydrogens is 363 g/mol. The van der Waals surface area contributed by atoms with Gasteiger partial charge in [0.25, 0.3) is 5.91 Å². The molecule has 3 aromatic rings. The second-order valence-electron chi connectivity index (χ2n) is 7.93. The zero-order valence-electron chi connectivity index (χ0n) is 17.0. The van der Waals surface area contributed by atoms with E-state index in [1.807, 2.05) is 50.2 Å². The van der Waals surface area contributed by atoms with E-state index in [0.717, 1.165) is 42.4 Å². The molecule has 1 aromatic heterocycles. The molecule has 4 rings (SSSR count). The summed E-state index contributed by atoms with van der Waals surface area (Å²) in [5.41, 5.74) is 6.25. The summed E-state index contributed by atoms with van der Waals surface area (Å²) in [6, 6.07) is 16.5. The Morgan fingerprint density at radius 2 is 1.86 bits per heavy atom. The molecule has 3 nitrogen and oxygen atoms in total. The van der Waals surface area contributed by atoms with Crippen LogP contribution in [0.25, 0.3) is 0 Å². The molecule has 29 heavy (non-hydrogen) atoms. The molecule has 1 atom stereocenters. The number of hydrogen-bond donors (Lipinski definition) is 1. The van der Waals surface area contributed by atoms with Gasteiger partial charge in [-0.1, -0.05) is 42.5 Å². The van der Waals surface area contributed by atoms with Gasteiger partial charge in [0.1, 0.15) is 11.5 Å². The standard InChI is InChI=1S/C25H27FN2O/c1-17-22-13-6-7-14-23(22)28(16-19-9-8-12-21(26)15-19)24(17)25(29)27-18(2)20-10-4-3-5-11-20/h3-5,8-12,15,18H,6-7,13-14,16H2,1-2H3,(H,27,29)/t18-/m1/s1. The van der Waals surface area contributed by atoms with Gasteiger partial charge in [0.2, 0.25) is 0 Å². The summed E-state index contributed by atoms with van der Waals surface area (Å²) < 4.78 is 15.9. The van der Waals surface area contributed by atoms with Crippen molar-refractivity contribution >= 4 is 5.91 Å². The van der Waals surface area contributed by atoms with E-state index in [4.69, 9.17) is 0 Å². The molecule has 1 N–H and O–H groups in total. The van der Waals surface area contributed by atoms with E-state index in [-0.39, 0.29) is 17.8 Å². The highest BCUT2D eigenvalue weighted by atomic mass is 19.1. The van der Waals surface area contributed by atoms with Gasteiger partial charge in [0.15, 0.2) is 0 Å². The highest BCUT2D eigenvalue weighted by molar-refractivity contribution is 5.95. The number of rotatable bonds is 5. The van der Waals surface area contributed by atoms with Crippen molar-refractivity contribution in [3.05, 3.63) is 94.1 Å². The number of carbonyl (C=O) groups is 1. The number of halogens is 1. The lowest BCUT2D eigenvalue weighted by Crippen LogP contribution is -2.29. The number of carbonyl (C=O) groups excluding carboxylic acids is 1.